The van der Waals surface area contributed by atoms with Gasteiger partial charge in [0, 0.05) is 15.6 Å². The standard InChI is InChI=1S/C14H12ClNO4S/c1-8-5-11(13(21-8)14(18)19)20-7-12(17)16-10-4-2-3-9(15)6-10/h2-6H,7H2,1H3,(H,16,17)(H,18,19). The number of ether oxygens (including phenoxy) is 1. The summed E-state index contributed by atoms with van der Waals surface area (Å²) in [5, 5.41) is 12.2. The summed E-state index contributed by atoms with van der Waals surface area (Å²) in [4.78, 5) is 23.7. The number of anilines is 1. The highest BCUT2D eigenvalue weighted by molar-refractivity contribution is 7.14. The zero-order chi connectivity index (χ0) is 15.4. The third kappa shape index (κ3) is 4.21. The van der Waals surface area contributed by atoms with Crippen LogP contribution in [0.5, 0.6) is 5.75 Å². The highest BCUT2D eigenvalue weighted by atomic mass is 35.5. The lowest BCUT2D eigenvalue weighted by Crippen LogP contribution is -2.20. The maximum Gasteiger partial charge on any atom is 0.349 e. The van der Waals surface area contributed by atoms with Gasteiger partial charge in [0.1, 0.15) is 5.75 Å². The van der Waals surface area contributed by atoms with Crippen molar-refractivity contribution >= 4 is 40.5 Å². The molecule has 0 unspecified atom stereocenters. The number of hydrogen-bond acceptors (Lipinski definition) is 4. The molecule has 2 aromatic rings. The number of hydrogen-bond donors (Lipinski definition) is 2. The van der Waals surface area contributed by atoms with Crippen molar-refractivity contribution in [3.05, 3.63) is 45.1 Å². The van der Waals surface area contributed by atoms with E-state index in [9.17, 15) is 9.59 Å². The molecule has 2 N–H and O–H groups in total. The summed E-state index contributed by atoms with van der Waals surface area (Å²) in [7, 11) is 0. The Morgan fingerprint density at radius 3 is 2.81 bits per heavy atom. The number of carboxylic acids is 1. The maximum absolute atomic E-state index is 11.8. The molecule has 0 saturated carbocycles. The van der Waals surface area contributed by atoms with Crippen molar-refractivity contribution in [3.63, 3.8) is 0 Å². The SMILES string of the molecule is Cc1cc(OCC(=O)Nc2cccc(Cl)c2)c(C(=O)O)s1. The molecule has 0 fully saturated rings. The summed E-state index contributed by atoms with van der Waals surface area (Å²) < 4.78 is 5.27. The van der Waals surface area contributed by atoms with Crippen LogP contribution in [-0.2, 0) is 4.79 Å². The molecule has 0 saturated heterocycles. The molecule has 0 bridgehead atoms. The van der Waals surface area contributed by atoms with Gasteiger partial charge in [0.25, 0.3) is 5.91 Å². The number of aromatic carboxylic acids is 1. The quantitative estimate of drug-likeness (QED) is 0.883. The highest BCUT2D eigenvalue weighted by Crippen LogP contribution is 2.28. The lowest BCUT2D eigenvalue weighted by molar-refractivity contribution is -0.118. The van der Waals surface area contributed by atoms with Crippen LogP contribution >= 0.6 is 22.9 Å². The lowest BCUT2D eigenvalue weighted by atomic mass is 10.3. The van der Waals surface area contributed by atoms with Crippen molar-refractivity contribution in [1.29, 1.82) is 0 Å². The molecule has 1 aromatic carbocycles. The van der Waals surface area contributed by atoms with Gasteiger partial charge in [-0.1, -0.05) is 17.7 Å². The molecule has 5 nitrogen and oxygen atoms in total. The molecular weight excluding hydrogens is 314 g/mol. The van der Waals surface area contributed by atoms with E-state index < -0.39 is 11.9 Å². The molecule has 0 radical (unpaired) electrons. The minimum absolute atomic E-state index is 0.0862. The number of aryl methyl sites for hydroxylation is 1. The molecule has 0 aliphatic heterocycles. The summed E-state index contributed by atoms with van der Waals surface area (Å²) in [6.45, 7) is 1.50. The predicted octanol–water partition coefficient (Wildman–Crippen LogP) is 3.43. The Bertz CT molecular complexity index is 683. The fraction of sp³-hybridized carbons (Fsp3) is 0.143. The Morgan fingerprint density at radius 2 is 2.14 bits per heavy atom. The van der Waals surface area contributed by atoms with Crippen molar-refractivity contribution in [2.75, 3.05) is 11.9 Å². The molecule has 1 aromatic heterocycles. The number of carbonyl (C=O) groups excluding carboxylic acids is 1. The minimum Gasteiger partial charge on any atom is -0.482 e. The van der Waals surface area contributed by atoms with E-state index in [4.69, 9.17) is 21.4 Å². The van der Waals surface area contributed by atoms with E-state index >= 15 is 0 Å². The van der Waals surface area contributed by atoms with E-state index in [2.05, 4.69) is 5.32 Å². The minimum atomic E-state index is -1.07. The average Bonchev–Trinajstić information content (AvgIpc) is 2.78. The van der Waals surface area contributed by atoms with Crippen LogP contribution in [0, 0.1) is 6.92 Å². The molecule has 2 rings (SSSR count). The van der Waals surface area contributed by atoms with Crippen molar-refractivity contribution in [1.82, 2.24) is 0 Å². The highest BCUT2D eigenvalue weighted by Gasteiger charge is 2.16. The Labute approximate surface area is 130 Å². The van der Waals surface area contributed by atoms with Gasteiger partial charge in [-0.25, -0.2) is 4.79 Å². The Hall–Kier alpha value is -2.05. The number of amides is 1. The van der Waals surface area contributed by atoms with Gasteiger partial charge >= 0.3 is 5.97 Å². The van der Waals surface area contributed by atoms with Crippen molar-refractivity contribution in [2.24, 2.45) is 0 Å². The Kier molecular flexibility index (Phi) is 4.82. The predicted molar refractivity (Wildman–Crippen MR) is 81.6 cm³/mol. The number of benzene rings is 1. The van der Waals surface area contributed by atoms with Crippen LogP contribution in [0.3, 0.4) is 0 Å². The van der Waals surface area contributed by atoms with Crippen LogP contribution in [0.25, 0.3) is 0 Å². The second-order valence-electron chi connectivity index (χ2n) is 4.20. The van der Waals surface area contributed by atoms with E-state index in [-0.39, 0.29) is 17.2 Å². The Balaban J connectivity index is 1.97. The second-order valence-corrected chi connectivity index (χ2v) is 5.90. The number of rotatable bonds is 5. The second kappa shape index (κ2) is 6.60. The van der Waals surface area contributed by atoms with Gasteiger partial charge in [0.05, 0.1) is 0 Å². The van der Waals surface area contributed by atoms with Crippen LogP contribution in [0.4, 0.5) is 5.69 Å². The third-order valence-electron chi connectivity index (χ3n) is 2.48. The molecule has 0 aliphatic carbocycles. The number of carboxylic acid groups (broad SMARTS) is 1. The van der Waals surface area contributed by atoms with E-state index in [1.54, 1.807) is 37.3 Å². The normalized spacial score (nSPS) is 10.2. The van der Waals surface area contributed by atoms with Crippen molar-refractivity contribution in [3.8, 4) is 5.75 Å². The van der Waals surface area contributed by atoms with E-state index in [0.29, 0.717) is 10.7 Å². The van der Waals surface area contributed by atoms with Crippen molar-refractivity contribution in [2.45, 2.75) is 6.92 Å². The first-order chi connectivity index (χ1) is 9.95. The van der Waals surface area contributed by atoms with Crippen molar-refractivity contribution < 1.29 is 19.4 Å². The number of halogens is 1. The molecule has 0 spiro atoms. The fourth-order valence-electron chi connectivity index (χ4n) is 1.65. The Morgan fingerprint density at radius 1 is 1.38 bits per heavy atom. The summed E-state index contributed by atoms with van der Waals surface area (Å²) in [6, 6.07) is 8.31. The van der Waals surface area contributed by atoms with Gasteiger partial charge in [-0.2, -0.15) is 0 Å². The molecular formula is C14H12ClNO4S. The molecule has 7 heteroatoms. The van der Waals surface area contributed by atoms with Gasteiger partial charge in [-0.05, 0) is 31.2 Å². The van der Waals surface area contributed by atoms with Gasteiger partial charge in [0.15, 0.2) is 11.5 Å². The molecule has 0 atom stereocenters. The summed E-state index contributed by atoms with van der Waals surface area (Å²) >= 11 is 6.92. The molecule has 1 heterocycles. The first kappa shape index (κ1) is 15.3. The van der Waals surface area contributed by atoms with Crippen LogP contribution in [0.2, 0.25) is 5.02 Å². The van der Waals surface area contributed by atoms with Gasteiger partial charge in [-0.15, -0.1) is 11.3 Å². The fourth-order valence-corrected chi connectivity index (χ4v) is 2.64. The third-order valence-corrected chi connectivity index (χ3v) is 3.74. The van der Waals surface area contributed by atoms with Gasteiger partial charge < -0.3 is 15.2 Å². The lowest BCUT2D eigenvalue weighted by Gasteiger charge is -2.07. The van der Waals surface area contributed by atoms with E-state index in [0.717, 1.165) is 16.2 Å². The summed E-state index contributed by atoms with van der Waals surface area (Å²) in [5.41, 5.74) is 0.552. The summed E-state index contributed by atoms with van der Waals surface area (Å²) in [5.74, 6) is -1.26. The molecule has 1 amide bonds. The number of carbonyl (C=O) groups is 2. The summed E-state index contributed by atoms with van der Waals surface area (Å²) in [6.07, 6.45) is 0. The smallest absolute Gasteiger partial charge is 0.349 e. The maximum atomic E-state index is 11.8. The zero-order valence-electron chi connectivity index (χ0n) is 11.1. The van der Waals surface area contributed by atoms with Crippen LogP contribution in [-0.4, -0.2) is 23.6 Å². The van der Waals surface area contributed by atoms with Gasteiger partial charge in [-0.3, -0.25) is 4.79 Å². The van der Waals surface area contributed by atoms with Crippen LogP contribution in [0.1, 0.15) is 14.5 Å². The van der Waals surface area contributed by atoms with Crippen LogP contribution in [0.15, 0.2) is 30.3 Å². The van der Waals surface area contributed by atoms with Gasteiger partial charge in [0.2, 0.25) is 0 Å². The largest absolute Gasteiger partial charge is 0.482 e. The molecule has 110 valence electrons. The number of nitrogens with one attached hydrogen (secondary N) is 1. The molecule has 0 aliphatic rings. The first-order valence-corrected chi connectivity index (χ1v) is 7.17. The zero-order valence-corrected chi connectivity index (χ0v) is 12.6. The van der Waals surface area contributed by atoms with E-state index in [1.165, 1.54) is 0 Å². The monoisotopic (exact) mass is 325 g/mol. The molecule has 21 heavy (non-hydrogen) atoms. The van der Waals surface area contributed by atoms with Crippen LogP contribution < -0.4 is 10.1 Å². The topological polar surface area (TPSA) is 75.6 Å². The first-order valence-electron chi connectivity index (χ1n) is 5.97. The average molecular weight is 326 g/mol. The number of thiophene rings is 1. The van der Waals surface area contributed by atoms with E-state index in [1.807, 2.05) is 0 Å².